The number of halogens is 4. The Kier molecular flexibility index (Phi) is 7.87. The van der Waals surface area contributed by atoms with Crippen LogP contribution in [-0.4, -0.2) is 46.0 Å². The Morgan fingerprint density at radius 3 is 2.00 bits per heavy atom. The Balaban J connectivity index is 1.35. The van der Waals surface area contributed by atoms with Crippen LogP contribution in [0.5, 0.6) is 0 Å². The van der Waals surface area contributed by atoms with Crippen LogP contribution in [0.3, 0.4) is 0 Å². The lowest BCUT2D eigenvalue weighted by Gasteiger charge is -2.41. The minimum absolute atomic E-state index is 0.0310. The molecule has 0 radical (unpaired) electrons. The van der Waals surface area contributed by atoms with E-state index in [1.165, 1.54) is 4.57 Å². The van der Waals surface area contributed by atoms with Crippen molar-refractivity contribution in [3.63, 3.8) is 0 Å². The number of hydrogen-bond donors (Lipinski definition) is 2. The number of imide groups is 1. The lowest BCUT2D eigenvalue weighted by Crippen LogP contribution is -2.48. The van der Waals surface area contributed by atoms with Gasteiger partial charge in [-0.25, -0.2) is 17.6 Å². The zero-order valence-corrected chi connectivity index (χ0v) is 27.5. The monoisotopic (exact) mass is 721 g/mol. The highest BCUT2D eigenvalue weighted by Gasteiger charge is 2.44. The molecule has 4 unspecified atom stereocenters. The van der Waals surface area contributed by atoms with Crippen molar-refractivity contribution in [2.24, 2.45) is 0 Å². The number of rotatable bonds is 8. The molecule has 0 bridgehead atoms. The van der Waals surface area contributed by atoms with E-state index in [4.69, 9.17) is 14.2 Å². The molecular formula is C40H27F4N3O6. The zero-order valence-electron chi connectivity index (χ0n) is 27.5. The van der Waals surface area contributed by atoms with Crippen molar-refractivity contribution in [3.05, 3.63) is 130 Å². The van der Waals surface area contributed by atoms with E-state index in [1.807, 2.05) is 60.7 Å². The second kappa shape index (κ2) is 12.7. The lowest BCUT2D eigenvalue weighted by atomic mass is 9.96. The molecule has 266 valence electrons. The molecule has 0 spiro atoms. The molecule has 13 heteroatoms. The van der Waals surface area contributed by atoms with Crippen LogP contribution < -0.4 is 5.32 Å². The molecule has 9 rings (SSSR count). The molecule has 5 aromatic carbocycles. The third-order valence-corrected chi connectivity index (χ3v) is 9.98. The highest BCUT2D eigenvalue weighted by Crippen LogP contribution is 2.47. The molecule has 0 aliphatic carbocycles. The van der Waals surface area contributed by atoms with Gasteiger partial charge in [0.05, 0.1) is 47.0 Å². The Morgan fingerprint density at radius 2 is 1.34 bits per heavy atom. The summed E-state index contributed by atoms with van der Waals surface area (Å²) in [6, 6.07) is 22.3. The van der Waals surface area contributed by atoms with Crippen LogP contribution >= 0.6 is 0 Å². The number of nitrogens with zero attached hydrogens (tertiary/aromatic N) is 1. The maximum absolute atomic E-state index is 15.3. The van der Waals surface area contributed by atoms with Crippen LogP contribution in [0.2, 0.25) is 0 Å². The number of H-pyrrole nitrogens is 1. The number of fused-ring (bicyclic) bond motifs is 10. The lowest BCUT2D eigenvalue weighted by molar-refractivity contribution is -0.224. The molecular weight excluding hydrogens is 694 g/mol. The second-order valence-corrected chi connectivity index (χ2v) is 13.1. The van der Waals surface area contributed by atoms with E-state index >= 15 is 8.78 Å². The first-order valence-corrected chi connectivity index (χ1v) is 16.8. The molecule has 2 aliphatic rings. The standard InChI is InChI=1S/C40H27F4N3O6/c41-24-12-22-28(14-26(24)43)45-35-31(22)33-34(39(50)46-38(33)49)32-23-13-25(42)27(44)15-29(23)47(36(32)35)40-37(52-18-20-9-5-2-6-10-20)30(11-21(16-48)53-40)51-17-19-7-3-1-4-8-19/h1-10,12-16,21,30,37,40,45H,11,17-18H2,(H,46,49,50). The van der Waals surface area contributed by atoms with E-state index in [0.717, 1.165) is 35.4 Å². The molecule has 9 nitrogen and oxygen atoms in total. The Bertz CT molecular complexity index is 2640. The number of benzene rings is 5. The molecule has 1 fully saturated rings. The van der Waals surface area contributed by atoms with Crippen molar-refractivity contribution in [2.45, 2.75) is 44.2 Å². The van der Waals surface area contributed by atoms with E-state index in [-0.39, 0.29) is 74.4 Å². The first kappa shape index (κ1) is 33.0. The fourth-order valence-electron chi connectivity index (χ4n) is 7.68. The van der Waals surface area contributed by atoms with E-state index in [2.05, 4.69) is 10.3 Å². The second-order valence-electron chi connectivity index (χ2n) is 13.1. The topological polar surface area (TPSA) is 112 Å². The molecule has 2 N–H and O–H groups in total. The van der Waals surface area contributed by atoms with Crippen molar-refractivity contribution in [3.8, 4) is 0 Å². The van der Waals surface area contributed by atoms with Gasteiger partial charge in [-0.1, -0.05) is 60.7 Å². The van der Waals surface area contributed by atoms with Gasteiger partial charge in [-0.05, 0) is 23.3 Å². The minimum atomic E-state index is -1.30. The summed E-state index contributed by atoms with van der Waals surface area (Å²) in [4.78, 5) is 42.6. The summed E-state index contributed by atoms with van der Waals surface area (Å²) in [6.07, 6.45) is -3.47. The van der Waals surface area contributed by atoms with Gasteiger partial charge in [-0.3, -0.25) is 14.9 Å². The smallest absolute Gasteiger partial charge is 0.259 e. The molecule has 7 aromatic rings. The summed E-state index contributed by atoms with van der Waals surface area (Å²) in [7, 11) is 0. The largest absolute Gasteiger partial charge is 0.371 e. The number of carbonyl (C=O) groups is 3. The number of amides is 2. The van der Waals surface area contributed by atoms with Gasteiger partial charge < -0.3 is 28.6 Å². The third-order valence-electron chi connectivity index (χ3n) is 9.98. The summed E-state index contributed by atoms with van der Waals surface area (Å²) in [5.41, 5.74) is 1.70. The van der Waals surface area contributed by atoms with Crippen LogP contribution in [0.15, 0.2) is 84.9 Å². The summed E-state index contributed by atoms with van der Waals surface area (Å²) < 4.78 is 80.9. The van der Waals surface area contributed by atoms with Gasteiger partial charge in [-0.2, -0.15) is 0 Å². The molecule has 4 heterocycles. The van der Waals surface area contributed by atoms with Crippen molar-refractivity contribution < 1.29 is 46.2 Å². The normalized spacial score (nSPS) is 20.2. The predicted octanol–water partition coefficient (Wildman–Crippen LogP) is 7.53. The van der Waals surface area contributed by atoms with Gasteiger partial charge >= 0.3 is 0 Å². The van der Waals surface area contributed by atoms with Crippen LogP contribution in [-0.2, 0) is 32.2 Å². The fraction of sp³-hybridized carbons (Fsp3) is 0.175. The van der Waals surface area contributed by atoms with Gasteiger partial charge in [0.25, 0.3) is 11.8 Å². The average molecular weight is 722 g/mol. The first-order chi connectivity index (χ1) is 25.7. The third kappa shape index (κ3) is 5.30. The predicted molar refractivity (Wildman–Crippen MR) is 185 cm³/mol. The van der Waals surface area contributed by atoms with Gasteiger partial charge in [-0.15, -0.1) is 0 Å². The fourth-order valence-corrected chi connectivity index (χ4v) is 7.68. The highest BCUT2D eigenvalue weighted by molar-refractivity contribution is 6.39. The van der Waals surface area contributed by atoms with Gasteiger partial charge in [0, 0.05) is 45.6 Å². The molecule has 53 heavy (non-hydrogen) atoms. The first-order valence-electron chi connectivity index (χ1n) is 16.8. The van der Waals surface area contributed by atoms with E-state index < -0.39 is 59.6 Å². The maximum Gasteiger partial charge on any atom is 0.259 e. The molecule has 0 saturated carbocycles. The van der Waals surface area contributed by atoms with E-state index in [0.29, 0.717) is 6.29 Å². The van der Waals surface area contributed by atoms with Crippen LogP contribution in [0.4, 0.5) is 17.6 Å². The SMILES string of the molecule is O=CC1CC(OCc2ccccc2)C(OCc2ccccc2)C(n2c3cc(F)c(F)cc3c3c4c(c5c6cc(F)c(F)cc6[nH]c5c32)C(=O)NC4=O)O1. The average Bonchev–Trinajstić information content (AvgIpc) is 3.78. The number of aromatic amines is 1. The Labute approximate surface area is 297 Å². The molecule has 2 aliphatic heterocycles. The van der Waals surface area contributed by atoms with Gasteiger partial charge in [0.15, 0.2) is 29.5 Å². The molecule has 4 atom stereocenters. The summed E-state index contributed by atoms with van der Waals surface area (Å²) in [6.45, 7) is 0.205. The molecule has 2 aromatic heterocycles. The van der Waals surface area contributed by atoms with Crippen LogP contribution in [0, 0.1) is 23.3 Å². The van der Waals surface area contributed by atoms with Crippen molar-refractivity contribution in [1.29, 1.82) is 0 Å². The van der Waals surface area contributed by atoms with Gasteiger partial charge in [0.1, 0.15) is 18.5 Å². The molecule has 2 amide bonds. The Morgan fingerprint density at radius 1 is 0.755 bits per heavy atom. The number of nitrogens with one attached hydrogen (secondary N) is 2. The van der Waals surface area contributed by atoms with Crippen LogP contribution in [0.1, 0.15) is 44.5 Å². The highest BCUT2D eigenvalue weighted by atomic mass is 19.2. The quantitative estimate of drug-likeness (QED) is 0.0954. The van der Waals surface area contributed by atoms with Crippen molar-refractivity contribution >= 4 is 61.7 Å². The zero-order chi connectivity index (χ0) is 36.5. The van der Waals surface area contributed by atoms with Gasteiger partial charge in [0.2, 0.25) is 0 Å². The van der Waals surface area contributed by atoms with Crippen molar-refractivity contribution in [2.75, 3.05) is 0 Å². The van der Waals surface area contributed by atoms with Crippen molar-refractivity contribution in [1.82, 2.24) is 14.9 Å². The van der Waals surface area contributed by atoms with E-state index in [9.17, 15) is 23.2 Å². The Hall–Kier alpha value is -5.89. The maximum atomic E-state index is 15.3. The summed E-state index contributed by atoms with van der Waals surface area (Å²) in [5, 5.41) is 2.53. The summed E-state index contributed by atoms with van der Waals surface area (Å²) >= 11 is 0. The number of hydrogen-bond acceptors (Lipinski definition) is 6. The van der Waals surface area contributed by atoms with Crippen LogP contribution in [0.25, 0.3) is 43.6 Å². The number of aromatic nitrogens is 2. The van der Waals surface area contributed by atoms with E-state index in [1.54, 1.807) is 0 Å². The minimum Gasteiger partial charge on any atom is -0.371 e. The number of carbonyl (C=O) groups excluding carboxylic acids is 3. The summed E-state index contributed by atoms with van der Waals surface area (Å²) in [5.74, 6) is -6.45. The number of ether oxygens (including phenoxy) is 3. The number of aldehydes is 1. The molecule has 1 saturated heterocycles.